The number of carbonyl (C=O) groups excluding carboxylic acids is 1. The summed E-state index contributed by atoms with van der Waals surface area (Å²) in [7, 11) is 0. The highest BCUT2D eigenvalue weighted by Gasteiger charge is 2.29. The number of fused-ring (bicyclic) bond motifs is 1. The molecule has 0 bridgehead atoms. The second-order valence-electron chi connectivity index (χ2n) is 4.46. The minimum Gasteiger partial charge on any atom is -0.325 e. The first-order valence-electron chi connectivity index (χ1n) is 5.88. The molecule has 1 atom stereocenters. The number of hydrogen-bond acceptors (Lipinski definition) is 1. The number of nitrogens with one attached hydrogen (secondary N) is 1. The van der Waals surface area contributed by atoms with Crippen LogP contribution >= 0.6 is 15.9 Å². The molecular weight excluding hydrogens is 290 g/mol. The van der Waals surface area contributed by atoms with Crippen molar-refractivity contribution in [2.45, 2.75) is 12.3 Å². The number of carbonyl (C=O) groups is 1. The number of benzene rings is 2. The summed E-state index contributed by atoms with van der Waals surface area (Å²) in [5.41, 5.74) is 3.21. The first-order valence-corrected chi connectivity index (χ1v) is 6.67. The molecule has 1 unspecified atom stereocenters. The van der Waals surface area contributed by atoms with Gasteiger partial charge in [0.05, 0.1) is 5.92 Å². The van der Waals surface area contributed by atoms with E-state index < -0.39 is 0 Å². The van der Waals surface area contributed by atoms with E-state index in [1.54, 1.807) is 0 Å². The van der Waals surface area contributed by atoms with Crippen LogP contribution in [0.4, 0.5) is 5.69 Å². The van der Waals surface area contributed by atoms with Crippen molar-refractivity contribution in [3.63, 3.8) is 0 Å². The molecule has 3 heteroatoms. The van der Waals surface area contributed by atoms with Crippen molar-refractivity contribution < 1.29 is 4.79 Å². The van der Waals surface area contributed by atoms with Crippen LogP contribution in [0.3, 0.4) is 0 Å². The van der Waals surface area contributed by atoms with Crippen molar-refractivity contribution in [3.8, 4) is 0 Å². The smallest absolute Gasteiger partial charge is 0.232 e. The molecular formula is C15H12BrNO. The normalized spacial score (nSPS) is 17.4. The van der Waals surface area contributed by atoms with Crippen LogP contribution in [0, 0.1) is 0 Å². The molecule has 2 nitrogen and oxygen atoms in total. The van der Waals surface area contributed by atoms with Crippen LogP contribution in [0.2, 0.25) is 0 Å². The molecule has 1 aliphatic rings. The lowest BCUT2D eigenvalue weighted by Crippen LogP contribution is -2.14. The molecule has 90 valence electrons. The molecule has 0 radical (unpaired) electrons. The van der Waals surface area contributed by atoms with E-state index >= 15 is 0 Å². The average molecular weight is 302 g/mol. The van der Waals surface area contributed by atoms with Gasteiger partial charge in [0.25, 0.3) is 0 Å². The summed E-state index contributed by atoms with van der Waals surface area (Å²) < 4.78 is 1.05. The van der Waals surface area contributed by atoms with Crippen LogP contribution in [0.1, 0.15) is 17.0 Å². The van der Waals surface area contributed by atoms with E-state index in [-0.39, 0.29) is 11.8 Å². The molecule has 1 aliphatic heterocycles. The van der Waals surface area contributed by atoms with Gasteiger partial charge in [0.15, 0.2) is 0 Å². The molecule has 2 aromatic carbocycles. The van der Waals surface area contributed by atoms with E-state index in [0.29, 0.717) is 0 Å². The molecule has 1 amide bonds. The second-order valence-corrected chi connectivity index (χ2v) is 5.38. The zero-order valence-corrected chi connectivity index (χ0v) is 11.3. The second kappa shape index (κ2) is 4.58. The summed E-state index contributed by atoms with van der Waals surface area (Å²) in [6.45, 7) is 0. The molecule has 0 spiro atoms. The van der Waals surface area contributed by atoms with Gasteiger partial charge in [-0.15, -0.1) is 0 Å². The Bertz CT molecular complexity index is 609. The van der Waals surface area contributed by atoms with Gasteiger partial charge in [-0.1, -0.05) is 46.3 Å². The van der Waals surface area contributed by atoms with Crippen LogP contribution in [0.25, 0.3) is 0 Å². The maximum atomic E-state index is 12.0. The molecule has 0 aliphatic carbocycles. The number of para-hydroxylation sites is 1. The largest absolute Gasteiger partial charge is 0.325 e. The summed E-state index contributed by atoms with van der Waals surface area (Å²) in [6, 6.07) is 16.0. The fraction of sp³-hybridized carbons (Fsp3) is 0.133. The molecule has 0 saturated heterocycles. The van der Waals surface area contributed by atoms with Gasteiger partial charge in [-0.3, -0.25) is 4.79 Å². The summed E-state index contributed by atoms with van der Waals surface area (Å²) >= 11 is 3.46. The number of amides is 1. The van der Waals surface area contributed by atoms with Crippen LogP contribution < -0.4 is 5.32 Å². The van der Waals surface area contributed by atoms with E-state index in [9.17, 15) is 4.79 Å². The van der Waals surface area contributed by atoms with Crippen molar-refractivity contribution >= 4 is 27.5 Å². The average Bonchev–Trinajstić information content (AvgIpc) is 2.66. The van der Waals surface area contributed by atoms with E-state index in [0.717, 1.165) is 22.1 Å². The minimum atomic E-state index is -0.0736. The van der Waals surface area contributed by atoms with Gasteiger partial charge in [-0.2, -0.15) is 0 Å². The SMILES string of the molecule is O=C1Nc2ccccc2C1Cc1cccc(Br)c1. The zero-order chi connectivity index (χ0) is 12.5. The highest BCUT2D eigenvalue weighted by atomic mass is 79.9. The molecule has 1 heterocycles. The van der Waals surface area contributed by atoms with Crippen molar-refractivity contribution in [1.82, 2.24) is 0 Å². The van der Waals surface area contributed by atoms with E-state index in [2.05, 4.69) is 33.4 Å². The summed E-state index contributed by atoms with van der Waals surface area (Å²) in [4.78, 5) is 12.0. The zero-order valence-electron chi connectivity index (χ0n) is 9.69. The van der Waals surface area contributed by atoms with Crippen LogP contribution in [-0.4, -0.2) is 5.91 Å². The Morgan fingerprint density at radius 2 is 1.94 bits per heavy atom. The third kappa shape index (κ3) is 2.06. The summed E-state index contributed by atoms with van der Waals surface area (Å²) in [6.07, 6.45) is 0.738. The number of halogens is 1. The van der Waals surface area contributed by atoms with Crippen LogP contribution in [0.5, 0.6) is 0 Å². The highest BCUT2D eigenvalue weighted by Crippen LogP contribution is 2.34. The Labute approximate surface area is 114 Å². The third-order valence-electron chi connectivity index (χ3n) is 3.24. The Balaban J connectivity index is 1.91. The van der Waals surface area contributed by atoms with E-state index in [4.69, 9.17) is 0 Å². The van der Waals surface area contributed by atoms with Gasteiger partial charge in [0.1, 0.15) is 0 Å². The molecule has 1 N–H and O–H groups in total. The summed E-state index contributed by atoms with van der Waals surface area (Å²) in [5.74, 6) is 0.0201. The number of rotatable bonds is 2. The molecule has 3 rings (SSSR count). The Hall–Kier alpha value is -1.61. The predicted molar refractivity (Wildman–Crippen MR) is 75.7 cm³/mol. The molecule has 0 fully saturated rings. The molecule has 18 heavy (non-hydrogen) atoms. The lowest BCUT2D eigenvalue weighted by molar-refractivity contribution is -0.117. The van der Waals surface area contributed by atoms with Gasteiger partial charge in [-0.05, 0) is 35.7 Å². The first kappa shape index (κ1) is 11.5. The van der Waals surface area contributed by atoms with Gasteiger partial charge in [0, 0.05) is 10.2 Å². The maximum absolute atomic E-state index is 12.0. The van der Waals surface area contributed by atoms with Gasteiger partial charge >= 0.3 is 0 Å². The Morgan fingerprint density at radius 1 is 1.11 bits per heavy atom. The van der Waals surface area contributed by atoms with Crippen LogP contribution in [-0.2, 0) is 11.2 Å². The topological polar surface area (TPSA) is 29.1 Å². The van der Waals surface area contributed by atoms with E-state index in [1.807, 2.05) is 36.4 Å². The highest BCUT2D eigenvalue weighted by molar-refractivity contribution is 9.10. The first-order chi connectivity index (χ1) is 8.74. The maximum Gasteiger partial charge on any atom is 0.232 e. The third-order valence-corrected chi connectivity index (χ3v) is 3.73. The van der Waals surface area contributed by atoms with Crippen molar-refractivity contribution in [3.05, 3.63) is 64.1 Å². The lowest BCUT2D eigenvalue weighted by atomic mass is 9.93. The Kier molecular flexibility index (Phi) is 2.92. The number of anilines is 1. The predicted octanol–water partition coefficient (Wildman–Crippen LogP) is 3.73. The standard InChI is InChI=1S/C15H12BrNO/c16-11-5-3-4-10(8-11)9-13-12-6-1-2-7-14(12)17-15(13)18/h1-8,13H,9H2,(H,17,18). The molecule has 0 saturated carbocycles. The minimum absolute atomic E-state index is 0.0736. The van der Waals surface area contributed by atoms with Gasteiger partial charge < -0.3 is 5.32 Å². The van der Waals surface area contributed by atoms with Crippen LogP contribution in [0.15, 0.2) is 53.0 Å². The van der Waals surface area contributed by atoms with Gasteiger partial charge in [0.2, 0.25) is 5.91 Å². The quantitative estimate of drug-likeness (QED) is 0.900. The monoisotopic (exact) mass is 301 g/mol. The summed E-state index contributed by atoms with van der Waals surface area (Å²) in [5, 5.41) is 2.93. The van der Waals surface area contributed by atoms with Gasteiger partial charge in [-0.25, -0.2) is 0 Å². The fourth-order valence-electron chi connectivity index (χ4n) is 2.38. The van der Waals surface area contributed by atoms with Crippen molar-refractivity contribution in [2.24, 2.45) is 0 Å². The number of hydrogen-bond donors (Lipinski definition) is 1. The van der Waals surface area contributed by atoms with E-state index in [1.165, 1.54) is 5.56 Å². The lowest BCUT2D eigenvalue weighted by Gasteiger charge is -2.09. The molecule has 0 aromatic heterocycles. The van der Waals surface area contributed by atoms with Crippen molar-refractivity contribution in [2.75, 3.05) is 5.32 Å². The fourth-order valence-corrected chi connectivity index (χ4v) is 2.82. The Morgan fingerprint density at radius 3 is 2.78 bits per heavy atom. The molecule has 2 aromatic rings. The van der Waals surface area contributed by atoms with Crippen molar-refractivity contribution in [1.29, 1.82) is 0 Å².